The van der Waals surface area contributed by atoms with Gasteiger partial charge in [0.1, 0.15) is 0 Å². The van der Waals surface area contributed by atoms with Crippen LogP contribution in [0.3, 0.4) is 0 Å². The maximum Gasteiger partial charge on any atom is 0.0624 e. The molecule has 17 heavy (non-hydrogen) atoms. The third kappa shape index (κ3) is 3.07. The molecule has 0 saturated carbocycles. The minimum Gasteiger partial charge on any atom is -0.392 e. The monoisotopic (exact) mass is 237 g/mol. The molecule has 0 radical (unpaired) electrons. The molecule has 0 bridgehead atoms. The topological polar surface area (TPSA) is 50.1 Å². The summed E-state index contributed by atoms with van der Waals surface area (Å²) in [6.07, 6.45) is 3.63. The zero-order valence-electron chi connectivity index (χ0n) is 10.8. The fraction of sp³-hybridized carbons (Fsp3) is 0.769. The highest BCUT2D eigenvalue weighted by molar-refractivity contribution is 5.11. The summed E-state index contributed by atoms with van der Waals surface area (Å²) in [4.78, 5) is 0. The van der Waals surface area contributed by atoms with Crippen molar-refractivity contribution < 1.29 is 5.11 Å². The molecular formula is C13H23N3O. The number of aliphatic hydroxyl groups is 1. The van der Waals surface area contributed by atoms with Gasteiger partial charge >= 0.3 is 0 Å². The molecule has 1 aliphatic rings. The van der Waals surface area contributed by atoms with Gasteiger partial charge in [-0.1, -0.05) is 6.92 Å². The fourth-order valence-corrected chi connectivity index (χ4v) is 2.55. The Labute approximate surface area is 103 Å². The van der Waals surface area contributed by atoms with E-state index >= 15 is 0 Å². The minimum atomic E-state index is -0.225. The normalized spacial score (nSPS) is 19.5. The van der Waals surface area contributed by atoms with Crippen molar-refractivity contribution in [2.75, 3.05) is 13.1 Å². The maximum absolute atomic E-state index is 10.3. The molecule has 1 aromatic heterocycles. The Morgan fingerprint density at radius 3 is 2.82 bits per heavy atom. The lowest BCUT2D eigenvalue weighted by Crippen LogP contribution is -2.35. The average molecular weight is 237 g/mol. The van der Waals surface area contributed by atoms with Crippen molar-refractivity contribution in [3.63, 3.8) is 0 Å². The summed E-state index contributed by atoms with van der Waals surface area (Å²) in [6.45, 7) is 4.18. The quantitative estimate of drug-likeness (QED) is 0.817. The van der Waals surface area contributed by atoms with Crippen molar-refractivity contribution in [1.29, 1.82) is 0 Å². The van der Waals surface area contributed by atoms with E-state index in [4.69, 9.17) is 0 Å². The van der Waals surface area contributed by atoms with Gasteiger partial charge in [0.25, 0.3) is 0 Å². The van der Waals surface area contributed by atoms with Crippen molar-refractivity contribution in [2.45, 2.75) is 38.7 Å². The number of rotatable bonds is 4. The summed E-state index contributed by atoms with van der Waals surface area (Å²) >= 11 is 0. The van der Waals surface area contributed by atoms with E-state index in [2.05, 4.69) is 23.4 Å². The molecule has 2 rings (SSSR count). The Kier molecular flexibility index (Phi) is 4.18. The summed E-state index contributed by atoms with van der Waals surface area (Å²) in [5.41, 5.74) is 2.26. The van der Waals surface area contributed by atoms with Gasteiger partial charge in [0, 0.05) is 19.2 Å². The molecule has 96 valence electrons. The Morgan fingerprint density at radius 1 is 1.53 bits per heavy atom. The molecule has 0 amide bonds. The van der Waals surface area contributed by atoms with Crippen molar-refractivity contribution in [1.82, 2.24) is 15.1 Å². The van der Waals surface area contributed by atoms with E-state index in [0.717, 1.165) is 50.2 Å². The van der Waals surface area contributed by atoms with Gasteiger partial charge in [-0.15, -0.1) is 0 Å². The van der Waals surface area contributed by atoms with E-state index in [9.17, 15) is 5.11 Å². The van der Waals surface area contributed by atoms with Gasteiger partial charge in [0.05, 0.1) is 11.8 Å². The zero-order chi connectivity index (χ0) is 12.3. The predicted octanol–water partition coefficient (Wildman–Crippen LogP) is 0.885. The van der Waals surface area contributed by atoms with Crippen LogP contribution in [-0.4, -0.2) is 34.1 Å². The lowest BCUT2D eigenvalue weighted by atomic mass is 9.90. The van der Waals surface area contributed by atoms with Gasteiger partial charge < -0.3 is 10.4 Å². The number of nitrogens with one attached hydrogen (secondary N) is 1. The number of nitrogens with zero attached hydrogens (tertiary/aromatic N) is 2. The summed E-state index contributed by atoms with van der Waals surface area (Å²) in [6, 6.07) is 2.12. The van der Waals surface area contributed by atoms with Gasteiger partial charge in [-0.25, -0.2) is 0 Å². The second-order valence-corrected chi connectivity index (χ2v) is 4.96. The largest absolute Gasteiger partial charge is 0.392 e. The average Bonchev–Trinajstić information content (AvgIpc) is 2.71. The summed E-state index contributed by atoms with van der Waals surface area (Å²) in [5.74, 6) is 0.441. The number of piperidine rings is 1. The van der Waals surface area contributed by atoms with Crippen LogP contribution in [0, 0.1) is 5.92 Å². The second kappa shape index (κ2) is 5.65. The molecule has 2 N–H and O–H groups in total. The maximum atomic E-state index is 10.3. The van der Waals surface area contributed by atoms with Gasteiger partial charge in [-0.2, -0.15) is 5.10 Å². The van der Waals surface area contributed by atoms with Gasteiger partial charge in [0.15, 0.2) is 0 Å². The van der Waals surface area contributed by atoms with Crippen LogP contribution in [0.15, 0.2) is 6.07 Å². The van der Waals surface area contributed by atoms with E-state index in [1.807, 2.05) is 11.7 Å². The summed E-state index contributed by atoms with van der Waals surface area (Å²) in [5, 5.41) is 18.0. The minimum absolute atomic E-state index is 0.225. The molecule has 1 fully saturated rings. The molecule has 4 heteroatoms. The van der Waals surface area contributed by atoms with E-state index in [1.165, 1.54) is 0 Å². The first kappa shape index (κ1) is 12.6. The molecule has 1 atom stereocenters. The molecule has 1 aromatic rings. The van der Waals surface area contributed by atoms with Gasteiger partial charge in [0.2, 0.25) is 0 Å². The molecule has 0 aliphatic carbocycles. The van der Waals surface area contributed by atoms with Crippen LogP contribution >= 0.6 is 0 Å². The van der Waals surface area contributed by atoms with Crippen LogP contribution in [0.1, 0.15) is 31.2 Å². The van der Waals surface area contributed by atoms with Gasteiger partial charge in [-0.05, 0) is 44.3 Å². The fourth-order valence-electron chi connectivity index (χ4n) is 2.55. The molecule has 1 aliphatic heterocycles. The molecule has 0 aromatic carbocycles. The number of hydrogen-bond donors (Lipinski definition) is 2. The number of hydrogen-bond acceptors (Lipinski definition) is 3. The highest BCUT2D eigenvalue weighted by atomic mass is 16.3. The highest BCUT2D eigenvalue weighted by Crippen LogP contribution is 2.19. The third-order valence-electron chi connectivity index (χ3n) is 3.74. The highest BCUT2D eigenvalue weighted by Gasteiger charge is 2.22. The van der Waals surface area contributed by atoms with Crippen molar-refractivity contribution in [2.24, 2.45) is 13.0 Å². The second-order valence-electron chi connectivity index (χ2n) is 4.96. The lowest BCUT2D eigenvalue weighted by Gasteiger charge is -2.27. The Hall–Kier alpha value is -0.870. The molecule has 2 heterocycles. The SMILES string of the molecule is CCc1cc(CC(O)C2CCNCC2)n(C)n1. The van der Waals surface area contributed by atoms with E-state index in [1.54, 1.807) is 0 Å². The molecule has 4 nitrogen and oxygen atoms in total. The smallest absolute Gasteiger partial charge is 0.0624 e. The van der Waals surface area contributed by atoms with Crippen LogP contribution in [0.25, 0.3) is 0 Å². The van der Waals surface area contributed by atoms with Crippen LogP contribution in [0.4, 0.5) is 0 Å². The van der Waals surface area contributed by atoms with Crippen molar-refractivity contribution in [3.05, 3.63) is 17.5 Å². The summed E-state index contributed by atoms with van der Waals surface area (Å²) < 4.78 is 1.91. The Balaban J connectivity index is 1.96. The van der Waals surface area contributed by atoms with E-state index in [0.29, 0.717) is 5.92 Å². The predicted molar refractivity (Wildman–Crippen MR) is 67.9 cm³/mol. The van der Waals surface area contributed by atoms with E-state index < -0.39 is 0 Å². The Bertz CT molecular complexity index is 356. The molecule has 1 unspecified atom stereocenters. The van der Waals surface area contributed by atoms with Crippen LogP contribution in [0.5, 0.6) is 0 Å². The molecular weight excluding hydrogens is 214 g/mol. The summed E-state index contributed by atoms with van der Waals surface area (Å²) in [7, 11) is 1.96. The van der Waals surface area contributed by atoms with Crippen LogP contribution < -0.4 is 5.32 Å². The Morgan fingerprint density at radius 2 is 2.24 bits per heavy atom. The van der Waals surface area contributed by atoms with Gasteiger partial charge in [-0.3, -0.25) is 4.68 Å². The van der Waals surface area contributed by atoms with Crippen molar-refractivity contribution >= 4 is 0 Å². The van der Waals surface area contributed by atoms with Crippen LogP contribution in [-0.2, 0) is 19.9 Å². The number of aryl methyl sites for hydroxylation is 2. The molecule has 0 spiro atoms. The zero-order valence-corrected chi connectivity index (χ0v) is 10.8. The van der Waals surface area contributed by atoms with E-state index in [-0.39, 0.29) is 6.10 Å². The first-order valence-corrected chi connectivity index (χ1v) is 6.61. The van der Waals surface area contributed by atoms with Crippen LogP contribution in [0.2, 0.25) is 0 Å². The lowest BCUT2D eigenvalue weighted by molar-refractivity contribution is 0.0874. The number of aromatic nitrogens is 2. The van der Waals surface area contributed by atoms with Crippen molar-refractivity contribution in [3.8, 4) is 0 Å². The number of aliphatic hydroxyl groups excluding tert-OH is 1. The standard InChI is InChI=1S/C13H23N3O/c1-3-11-8-12(16(2)15-11)9-13(17)10-4-6-14-7-5-10/h8,10,13-14,17H,3-7,9H2,1-2H3. The first-order valence-electron chi connectivity index (χ1n) is 6.61. The third-order valence-corrected chi connectivity index (χ3v) is 3.74. The molecule has 1 saturated heterocycles. The first-order chi connectivity index (χ1) is 8.20.